The Hall–Kier alpha value is -2.82. The number of carboxylic acids is 1. The molecule has 0 bridgehead atoms. The van der Waals surface area contributed by atoms with Crippen molar-refractivity contribution in [1.82, 2.24) is 4.98 Å². The van der Waals surface area contributed by atoms with Crippen molar-refractivity contribution in [2.24, 2.45) is 0 Å². The minimum atomic E-state index is -1.32. The predicted octanol–water partition coefficient (Wildman–Crippen LogP) is 1.90. The zero-order chi connectivity index (χ0) is 16.3. The first-order chi connectivity index (χ1) is 10.4. The van der Waals surface area contributed by atoms with E-state index in [4.69, 9.17) is 4.74 Å². The average molecular weight is 298 g/mol. The number of ketones is 1. The molecule has 2 rings (SSSR count). The number of rotatable bonds is 5. The van der Waals surface area contributed by atoms with Crippen LogP contribution in [-0.4, -0.2) is 23.8 Å². The van der Waals surface area contributed by atoms with Crippen LogP contribution in [-0.2, 0) is 0 Å². The molecule has 1 heterocycles. The van der Waals surface area contributed by atoms with Crippen molar-refractivity contribution in [3.05, 3.63) is 58.4 Å². The molecule has 114 valence electrons. The van der Waals surface area contributed by atoms with Gasteiger partial charge in [-0.25, -0.2) is 0 Å². The van der Waals surface area contributed by atoms with Crippen LogP contribution in [0.3, 0.4) is 0 Å². The van der Waals surface area contributed by atoms with E-state index in [1.807, 2.05) is 12.1 Å². The molecule has 5 nitrogen and oxygen atoms in total. The zero-order valence-electron chi connectivity index (χ0n) is 12.6. The molecule has 0 aliphatic carbocycles. The minimum absolute atomic E-state index is 0.0568. The van der Waals surface area contributed by atoms with E-state index in [9.17, 15) is 14.7 Å². The highest BCUT2D eigenvalue weighted by atomic mass is 16.5. The maximum absolute atomic E-state index is 12.3. The lowest BCUT2D eigenvalue weighted by Gasteiger charge is -2.01. The Morgan fingerprint density at radius 3 is 2.32 bits per heavy atom. The number of allylic oxidation sites excluding steroid dienone is 1. The molecule has 0 saturated heterocycles. The number of hydrogen-bond donors (Lipinski definition) is 1. The second-order valence-electron chi connectivity index (χ2n) is 4.88. The van der Waals surface area contributed by atoms with Gasteiger partial charge in [-0.3, -0.25) is 4.79 Å². The maximum Gasteiger partial charge on any atom is 0.187 e. The second-order valence-corrected chi connectivity index (χ2v) is 4.88. The van der Waals surface area contributed by atoms with Gasteiger partial charge in [-0.1, -0.05) is 18.2 Å². The van der Waals surface area contributed by atoms with Crippen molar-refractivity contribution in [3.63, 3.8) is 0 Å². The van der Waals surface area contributed by atoms with Crippen molar-refractivity contribution in [1.29, 1.82) is 0 Å². The highest BCUT2D eigenvalue weighted by Gasteiger charge is 2.16. The monoisotopic (exact) mass is 298 g/mol. The van der Waals surface area contributed by atoms with Crippen LogP contribution in [0.15, 0.2) is 30.3 Å². The van der Waals surface area contributed by atoms with Gasteiger partial charge in [0.05, 0.1) is 18.8 Å². The molecule has 1 aromatic heterocycles. The van der Waals surface area contributed by atoms with Crippen molar-refractivity contribution in [2.45, 2.75) is 13.8 Å². The quantitative estimate of drug-likeness (QED) is 0.675. The molecule has 22 heavy (non-hydrogen) atoms. The van der Waals surface area contributed by atoms with Crippen molar-refractivity contribution in [2.75, 3.05) is 7.11 Å². The number of aromatic amines is 1. The number of aromatic nitrogens is 1. The molecule has 0 saturated carbocycles. The molecular weight excluding hydrogens is 282 g/mol. The number of aromatic carboxylic acids is 1. The number of ether oxygens (including phenoxy) is 1. The Morgan fingerprint density at radius 1 is 1.18 bits per heavy atom. The predicted molar refractivity (Wildman–Crippen MR) is 81.0 cm³/mol. The van der Waals surface area contributed by atoms with Crippen LogP contribution in [0.4, 0.5) is 0 Å². The Balaban J connectivity index is 2.25. The van der Waals surface area contributed by atoms with Gasteiger partial charge in [0.1, 0.15) is 5.75 Å². The Labute approximate surface area is 128 Å². The molecule has 0 radical (unpaired) electrons. The molecule has 0 aliphatic heterocycles. The van der Waals surface area contributed by atoms with Crippen molar-refractivity contribution in [3.8, 4) is 5.75 Å². The van der Waals surface area contributed by atoms with Crippen LogP contribution in [0.25, 0.3) is 6.08 Å². The third-order valence-electron chi connectivity index (χ3n) is 3.43. The number of hydrogen-bond acceptors (Lipinski definition) is 4. The molecule has 1 aromatic carbocycles. The topological polar surface area (TPSA) is 82.2 Å². The summed E-state index contributed by atoms with van der Waals surface area (Å²) in [4.78, 5) is 25.9. The number of methoxy groups -OCH3 is 1. The van der Waals surface area contributed by atoms with Crippen molar-refractivity contribution >= 4 is 17.8 Å². The summed E-state index contributed by atoms with van der Waals surface area (Å²) in [5.41, 5.74) is 2.06. The number of carbonyl (C=O) groups is 2. The summed E-state index contributed by atoms with van der Waals surface area (Å²) in [6.07, 6.45) is 3.09. The van der Waals surface area contributed by atoms with Crippen LogP contribution < -0.4 is 9.84 Å². The SMILES string of the molecule is COc1ccc(/C=C/C(=O)c2c(C)[nH]c(C(=O)[O-])c2C)cc1. The van der Waals surface area contributed by atoms with Gasteiger partial charge < -0.3 is 19.6 Å². The molecule has 0 unspecified atom stereocenters. The van der Waals surface area contributed by atoms with Gasteiger partial charge in [0, 0.05) is 11.3 Å². The smallest absolute Gasteiger partial charge is 0.187 e. The van der Waals surface area contributed by atoms with E-state index in [2.05, 4.69) is 4.98 Å². The van der Waals surface area contributed by atoms with Gasteiger partial charge in [0.2, 0.25) is 0 Å². The van der Waals surface area contributed by atoms with Crippen LogP contribution in [0, 0.1) is 13.8 Å². The molecular formula is C17H16NO4-. The summed E-state index contributed by atoms with van der Waals surface area (Å²) >= 11 is 0. The van der Waals surface area contributed by atoms with Crippen LogP contribution >= 0.6 is 0 Å². The molecule has 0 fully saturated rings. The Bertz CT molecular complexity index is 739. The molecule has 0 atom stereocenters. The Morgan fingerprint density at radius 2 is 1.82 bits per heavy atom. The average Bonchev–Trinajstić information content (AvgIpc) is 2.80. The normalized spacial score (nSPS) is 10.9. The number of benzene rings is 1. The second kappa shape index (κ2) is 6.30. The van der Waals surface area contributed by atoms with Gasteiger partial charge >= 0.3 is 0 Å². The van der Waals surface area contributed by atoms with Gasteiger partial charge in [-0.05, 0) is 43.2 Å². The highest BCUT2D eigenvalue weighted by Crippen LogP contribution is 2.19. The largest absolute Gasteiger partial charge is 0.543 e. The molecule has 0 spiro atoms. The summed E-state index contributed by atoms with van der Waals surface area (Å²) in [7, 11) is 1.58. The number of H-pyrrole nitrogens is 1. The van der Waals surface area contributed by atoms with E-state index < -0.39 is 5.97 Å². The molecule has 0 amide bonds. The summed E-state index contributed by atoms with van der Waals surface area (Å²) in [6.45, 7) is 3.25. The van der Waals surface area contributed by atoms with Crippen LogP contribution in [0.5, 0.6) is 5.75 Å². The standard InChI is InChI=1S/C17H17NO4/c1-10-15(11(2)18-16(10)17(20)21)14(19)9-6-12-4-7-13(22-3)8-5-12/h4-9,18H,1-3H3,(H,20,21)/p-1/b9-6+. The van der Waals surface area contributed by atoms with E-state index >= 15 is 0 Å². The lowest BCUT2D eigenvalue weighted by Crippen LogP contribution is -2.23. The van der Waals surface area contributed by atoms with Gasteiger partial charge in [-0.15, -0.1) is 0 Å². The number of nitrogens with one attached hydrogen (secondary N) is 1. The van der Waals surface area contributed by atoms with E-state index in [0.717, 1.165) is 11.3 Å². The molecule has 5 heteroatoms. The van der Waals surface area contributed by atoms with E-state index in [-0.39, 0.29) is 11.5 Å². The molecule has 2 aromatic rings. The fraction of sp³-hybridized carbons (Fsp3) is 0.176. The third-order valence-corrected chi connectivity index (χ3v) is 3.43. The summed E-state index contributed by atoms with van der Waals surface area (Å²) in [5.74, 6) is -0.840. The Kier molecular flexibility index (Phi) is 4.46. The first-order valence-electron chi connectivity index (χ1n) is 6.71. The fourth-order valence-corrected chi connectivity index (χ4v) is 2.29. The van der Waals surface area contributed by atoms with E-state index in [0.29, 0.717) is 16.8 Å². The lowest BCUT2D eigenvalue weighted by molar-refractivity contribution is -0.255. The number of aryl methyl sites for hydroxylation is 1. The van der Waals surface area contributed by atoms with Gasteiger partial charge in [0.25, 0.3) is 0 Å². The van der Waals surface area contributed by atoms with Crippen LogP contribution in [0.1, 0.15) is 37.7 Å². The zero-order valence-corrected chi connectivity index (χ0v) is 12.6. The molecule has 0 aliphatic rings. The first-order valence-corrected chi connectivity index (χ1v) is 6.71. The first kappa shape index (κ1) is 15.6. The highest BCUT2D eigenvalue weighted by molar-refractivity contribution is 6.10. The summed E-state index contributed by atoms with van der Waals surface area (Å²) in [6, 6.07) is 7.24. The van der Waals surface area contributed by atoms with Crippen molar-refractivity contribution < 1.29 is 19.4 Å². The number of carbonyl (C=O) groups excluding carboxylic acids is 2. The summed E-state index contributed by atoms with van der Waals surface area (Å²) < 4.78 is 5.06. The van der Waals surface area contributed by atoms with Crippen LogP contribution in [0.2, 0.25) is 0 Å². The lowest BCUT2D eigenvalue weighted by atomic mass is 10.0. The minimum Gasteiger partial charge on any atom is -0.543 e. The summed E-state index contributed by atoms with van der Waals surface area (Å²) in [5, 5.41) is 11.0. The van der Waals surface area contributed by atoms with Gasteiger partial charge in [0.15, 0.2) is 5.78 Å². The van der Waals surface area contributed by atoms with E-state index in [1.165, 1.54) is 6.08 Å². The number of carboxylic acid groups (broad SMARTS) is 1. The third kappa shape index (κ3) is 3.09. The fourth-order valence-electron chi connectivity index (χ4n) is 2.29. The van der Waals surface area contributed by atoms with Gasteiger partial charge in [-0.2, -0.15) is 0 Å². The maximum atomic E-state index is 12.3. The molecule has 1 N–H and O–H groups in total. The van der Waals surface area contributed by atoms with E-state index in [1.54, 1.807) is 39.2 Å².